The van der Waals surface area contributed by atoms with Crippen molar-refractivity contribution in [2.75, 3.05) is 6.54 Å². The molecule has 1 N–H and O–H groups in total. The maximum absolute atomic E-state index is 13.2. The van der Waals surface area contributed by atoms with E-state index in [2.05, 4.69) is 10.3 Å². The summed E-state index contributed by atoms with van der Waals surface area (Å²) < 4.78 is 39.6. The minimum Gasteiger partial charge on any atom is -0.306 e. The highest BCUT2D eigenvalue weighted by Crippen LogP contribution is 2.36. The fourth-order valence-corrected chi connectivity index (χ4v) is 2.25. The molecule has 0 aliphatic heterocycles. The summed E-state index contributed by atoms with van der Waals surface area (Å²) in [5, 5.41) is 3.17. The van der Waals surface area contributed by atoms with E-state index in [-0.39, 0.29) is 5.56 Å². The van der Waals surface area contributed by atoms with E-state index in [1.807, 2.05) is 6.92 Å². The van der Waals surface area contributed by atoms with Crippen LogP contribution in [0.4, 0.5) is 13.2 Å². The van der Waals surface area contributed by atoms with E-state index in [9.17, 15) is 13.2 Å². The average Bonchev–Trinajstić information content (AvgIpc) is 2.48. The Morgan fingerprint density at radius 3 is 2.52 bits per heavy atom. The lowest BCUT2D eigenvalue weighted by molar-refractivity contribution is -0.138. The molecule has 2 nitrogen and oxygen atoms in total. The van der Waals surface area contributed by atoms with E-state index in [1.165, 1.54) is 12.1 Å². The summed E-state index contributed by atoms with van der Waals surface area (Å²) in [6.07, 6.45) is -0.327. The molecule has 0 bridgehead atoms. The van der Waals surface area contributed by atoms with E-state index in [0.717, 1.165) is 18.1 Å². The van der Waals surface area contributed by atoms with Crippen LogP contribution in [0.3, 0.4) is 0 Å². The first-order valence-electron chi connectivity index (χ1n) is 6.83. The summed E-state index contributed by atoms with van der Waals surface area (Å²) in [5.41, 5.74) is 0.344. The summed E-state index contributed by atoms with van der Waals surface area (Å²) in [4.78, 5) is 4.01. The molecule has 1 atom stereocenters. The largest absolute Gasteiger partial charge is 0.416 e. The molecule has 0 saturated heterocycles. The molecule has 1 heterocycles. The second-order valence-corrected chi connectivity index (χ2v) is 4.76. The van der Waals surface area contributed by atoms with Crippen molar-refractivity contribution in [2.45, 2.75) is 25.6 Å². The van der Waals surface area contributed by atoms with Gasteiger partial charge in [-0.3, -0.25) is 4.98 Å². The number of nitrogens with zero attached hydrogens (tertiary/aromatic N) is 1. The number of nitrogens with one attached hydrogen (secondary N) is 1. The second kappa shape index (κ2) is 6.72. The zero-order valence-electron chi connectivity index (χ0n) is 11.7. The van der Waals surface area contributed by atoms with Crippen molar-refractivity contribution in [1.29, 1.82) is 0 Å². The number of pyridine rings is 1. The van der Waals surface area contributed by atoms with Gasteiger partial charge in [-0.05, 0) is 36.2 Å². The molecule has 21 heavy (non-hydrogen) atoms. The van der Waals surface area contributed by atoms with Gasteiger partial charge < -0.3 is 5.32 Å². The lowest BCUT2D eigenvalue weighted by atomic mass is 9.95. The fraction of sp³-hybridized carbons (Fsp3) is 0.312. The highest BCUT2D eigenvalue weighted by atomic mass is 19.4. The van der Waals surface area contributed by atoms with E-state index < -0.39 is 17.8 Å². The van der Waals surface area contributed by atoms with Crippen LogP contribution in [0.2, 0.25) is 0 Å². The van der Waals surface area contributed by atoms with Gasteiger partial charge in [-0.1, -0.05) is 31.2 Å². The highest BCUT2D eigenvalue weighted by Gasteiger charge is 2.35. The number of hydrogen-bond acceptors (Lipinski definition) is 2. The zero-order valence-corrected chi connectivity index (χ0v) is 11.7. The van der Waals surface area contributed by atoms with Crippen molar-refractivity contribution in [3.8, 4) is 0 Å². The van der Waals surface area contributed by atoms with Gasteiger partial charge in [-0.25, -0.2) is 0 Å². The number of alkyl halides is 3. The molecular formula is C16H17F3N2. The van der Waals surface area contributed by atoms with Crippen molar-refractivity contribution in [2.24, 2.45) is 0 Å². The average molecular weight is 294 g/mol. The van der Waals surface area contributed by atoms with Crippen LogP contribution in [0, 0.1) is 0 Å². The topological polar surface area (TPSA) is 24.9 Å². The Balaban J connectivity index is 2.47. The lowest BCUT2D eigenvalue weighted by Gasteiger charge is -2.23. The monoisotopic (exact) mass is 294 g/mol. The maximum atomic E-state index is 13.2. The Bertz CT molecular complexity index is 567. The third kappa shape index (κ3) is 3.82. The van der Waals surface area contributed by atoms with E-state index in [4.69, 9.17) is 0 Å². The summed E-state index contributed by atoms with van der Waals surface area (Å²) >= 11 is 0. The molecule has 0 aliphatic carbocycles. The van der Waals surface area contributed by atoms with Gasteiger partial charge in [0, 0.05) is 12.4 Å². The molecule has 1 aromatic carbocycles. The van der Waals surface area contributed by atoms with Crippen LogP contribution in [-0.2, 0) is 6.18 Å². The van der Waals surface area contributed by atoms with Gasteiger partial charge in [0.25, 0.3) is 0 Å². The van der Waals surface area contributed by atoms with Gasteiger partial charge in [0.2, 0.25) is 0 Å². The molecule has 2 aromatic rings. The summed E-state index contributed by atoms with van der Waals surface area (Å²) in [5.74, 6) is 0. The van der Waals surface area contributed by atoms with E-state index >= 15 is 0 Å². The Kier molecular flexibility index (Phi) is 4.96. The van der Waals surface area contributed by atoms with Crippen molar-refractivity contribution in [3.05, 3.63) is 65.5 Å². The molecule has 0 saturated carbocycles. The Morgan fingerprint density at radius 1 is 1.14 bits per heavy atom. The van der Waals surface area contributed by atoms with E-state index in [0.29, 0.717) is 6.54 Å². The standard InChI is InChI=1S/C16H17F3N2/c1-2-9-21-15(12-6-5-10-20-11-12)13-7-3-4-8-14(13)16(17,18)19/h3-8,10-11,15,21H,2,9H2,1H3. The number of rotatable bonds is 5. The molecule has 112 valence electrons. The van der Waals surface area contributed by atoms with E-state index in [1.54, 1.807) is 30.6 Å². The van der Waals surface area contributed by atoms with Crippen LogP contribution in [0.1, 0.15) is 36.1 Å². The van der Waals surface area contributed by atoms with Crippen molar-refractivity contribution < 1.29 is 13.2 Å². The molecule has 2 rings (SSSR count). The molecular weight excluding hydrogens is 277 g/mol. The van der Waals surface area contributed by atoms with Gasteiger partial charge in [-0.2, -0.15) is 13.2 Å². The van der Waals surface area contributed by atoms with Crippen LogP contribution in [0.5, 0.6) is 0 Å². The predicted molar refractivity (Wildman–Crippen MR) is 75.8 cm³/mol. The Morgan fingerprint density at radius 2 is 1.90 bits per heavy atom. The molecule has 1 aromatic heterocycles. The van der Waals surface area contributed by atoms with Gasteiger partial charge in [0.15, 0.2) is 0 Å². The third-order valence-electron chi connectivity index (χ3n) is 3.19. The van der Waals surface area contributed by atoms with Crippen LogP contribution >= 0.6 is 0 Å². The molecule has 0 aliphatic rings. The van der Waals surface area contributed by atoms with Crippen molar-refractivity contribution in [3.63, 3.8) is 0 Å². The van der Waals surface area contributed by atoms with Crippen molar-refractivity contribution in [1.82, 2.24) is 10.3 Å². The number of halogens is 3. The molecule has 0 amide bonds. The van der Waals surface area contributed by atoms with Crippen LogP contribution in [0.15, 0.2) is 48.8 Å². The van der Waals surface area contributed by atoms with Crippen LogP contribution in [-0.4, -0.2) is 11.5 Å². The quantitative estimate of drug-likeness (QED) is 0.894. The van der Waals surface area contributed by atoms with Crippen molar-refractivity contribution >= 4 is 0 Å². The predicted octanol–water partition coefficient (Wildman–Crippen LogP) is 4.19. The third-order valence-corrected chi connectivity index (χ3v) is 3.19. The van der Waals surface area contributed by atoms with Gasteiger partial charge in [-0.15, -0.1) is 0 Å². The minimum atomic E-state index is -4.37. The molecule has 0 fully saturated rings. The number of aromatic nitrogens is 1. The van der Waals surface area contributed by atoms with Gasteiger partial charge in [0.1, 0.15) is 0 Å². The first-order chi connectivity index (χ1) is 10.0. The summed E-state index contributed by atoms with van der Waals surface area (Å²) in [6, 6.07) is 8.67. The van der Waals surface area contributed by atoms with Crippen LogP contribution in [0.25, 0.3) is 0 Å². The number of benzene rings is 1. The maximum Gasteiger partial charge on any atom is 0.416 e. The Labute approximate surface area is 122 Å². The zero-order chi connectivity index (χ0) is 15.3. The molecule has 0 radical (unpaired) electrons. The first kappa shape index (κ1) is 15.5. The summed E-state index contributed by atoms with van der Waals surface area (Å²) in [6.45, 7) is 2.61. The molecule has 5 heteroatoms. The lowest BCUT2D eigenvalue weighted by Crippen LogP contribution is -2.26. The first-order valence-corrected chi connectivity index (χ1v) is 6.83. The normalized spacial score (nSPS) is 13.1. The van der Waals surface area contributed by atoms with Crippen LogP contribution < -0.4 is 5.32 Å². The van der Waals surface area contributed by atoms with Gasteiger partial charge in [0.05, 0.1) is 11.6 Å². The molecule has 0 spiro atoms. The highest BCUT2D eigenvalue weighted by molar-refractivity contribution is 5.38. The molecule has 1 unspecified atom stereocenters. The smallest absolute Gasteiger partial charge is 0.306 e. The summed E-state index contributed by atoms with van der Waals surface area (Å²) in [7, 11) is 0. The minimum absolute atomic E-state index is 0.228. The Hall–Kier alpha value is -1.88. The van der Waals surface area contributed by atoms with Gasteiger partial charge >= 0.3 is 6.18 Å². The SMILES string of the molecule is CCCNC(c1cccnc1)c1ccccc1C(F)(F)F. The number of hydrogen-bond donors (Lipinski definition) is 1. The fourth-order valence-electron chi connectivity index (χ4n) is 2.25. The second-order valence-electron chi connectivity index (χ2n) is 4.76.